The van der Waals surface area contributed by atoms with Gasteiger partial charge in [-0.2, -0.15) is 0 Å². The van der Waals surface area contributed by atoms with Crippen LogP contribution in [0, 0.1) is 11.7 Å². The Morgan fingerprint density at radius 3 is 2.94 bits per heavy atom. The summed E-state index contributed by atoms with van der Waals surface area (Å²) >= 11 is 0. The Labute approximate surface area is 108 Å². The summed E-state index contributed by atoms with van der Waals surface area (Å²) in [4.78, 5) is 0. The number of hydrogen-bond acceptors (Lipinski definition) is 3. The van der Waals surface area contributed by atoms with Crippen LogP contribution in [0.15, 0.2) is 18.2 Å². The average molecular weight is 252 g/mol. The van der Waals surface area contributed by atoms with Gasteiger partial charge in [0.1, 0.15) is 0 Å². The van der Waals surface area contributed by atoms with Crippen molar-refractivity contribution in [2.75, 3.05) is 27.2 Å². The van der Waals surface area contributed by atoms with E-state index in [-0.39, 0.29) is 11.9 Å². The minimum atomic E-state index is -0.292. The number of halogens is 1. The van der Waals surface area contributed by atoms with Crippen LogP contribution < -0.4 is 15.4 Å². The number of benzene rings is 1. The molecule has 1 aliphatic heterocycles. The Morgan fingerprint density at radius 1 is 1.56 bits per heavy atom. The highest BCUT2D eigenvalue weighted by molar-refractivity contribution is 5.31. The minimum absolute atomic E-state index is 0.204. The summed E-state index contributed by atoms with van der Waals surface area (Å²) in [6.45, 7) is 2.16. The van der Waals surface area contributed by atoms with E-state index in [4.69, 9.17) is 4.74 Å². The molecular weight excluding hydrogens is 231 g/mol. The molecular formula is C14H21FN2O. The highest BCUT2D eigenvalue weighted by Gasteiger charge is 2.20. The second-order valence-electron chi connectivity index (χ2n) is 4.83. The van der Waals surface area contributed by atoms with Crippen LogP contribution in [0.5, 0.6) is 5.75 Å². The van der Waals surface area contributed by atoms with Crippen molar-refractivity contribution in [2.24, 2.45) is 5.92 Å². The van der Waals surface area contributed by atoms with E-state index in [9.17, 15) is 4.39 Å². The molecule has 1 aliphatic rings. The molecule has 1 aromatic rings. The average Bonchev–Trinajstić information content (AvgIpc) is 2.88. The van der Waals surface area contributed by atoms with Crippen LogP contribution in [0.1, 0.15) is 24.4 Å². The third-order valence-electron chi connectivity index (χ3n) is 3.66. The van der Waals surface area contributed by atoms with Crippen LogP contribution in [0.25, 0.3) is 0 Å². The molecule has 4 heteroatoms. The molecule has 0 bridgehead atoms. The van der Waals surface area contributed by atoms with E-state index in [2.05, 4.69) is 10.6 Å². The van der Waals surface area contributed by atoms with Gasteiger partial charge in [0.25, 0.3) is 0 Å². The Morgan fingerprint density at radius 2 is 2.39 bits per heavy atom. The van der Waals surface area contributed by atoms with Gasteiger partial charge in [-0.15, -0.1) is 0 Å². The fourth-order valence-corrected chi connectivity index (χ4v) is 2.57. The van der Waals surface area contributed by atoms with Gasteiger partial charge in [0, 0.05) is 6.04 Å². The molecule has 100 valence electrons. The van der Waals surface area contributed by atoms with Gasteiger partial charge in [-0.05, 0) is 56.6 Å². The van der Waals surface area contributed by atoms with Gasteiger partial charge in [-0.1, -0.05) is 6.07 Å². The van der Waals surface area contributed by atoms with Gasteiger partial charge in [-0.3, -0.25) is 0 Å². The summed E-state index contributed by atoms with van der Waals surface area (Å²) < 4.78 is 18.6. The molecule has 2 atom stereocenters. The molecule has 2 rings (SSSR count). The summed E-state index contributed by atoms with van der Waals surface area (Å²) in [5, 5.41) is 6.64. The van der Waals surface area contributed by atoms with Crippen molar-refractivity contribution in [3.8, 4) is 5.75 Å². The normalized spacial score (nSPS) is 20.9. The van der Waals surface area contributed by atoms with E-state index in [1.807, 2.05) is 13.1 Å². The zero-order chi connectivity index (χ0) is 13.0. The van der Waals surface area contributed by atoms with Gasteiger partial charge in [-0.25, -0.2) is 4.39 Å². The maximum atomic E-state index is 13.7. The van der Waals surface area contributed by atoms with Crippen molar-refractivity contribution in [2.45, 2.75) is 18.9 Å². The highest BCUT2D eigenvalue weighted by Crippen LogP contribution is 2.27. The SMILES string of the molecule is CNC(CC1CCNC1)c1ccc(OC)c(F)c1. The second kappa shape index (κ2) is 6.16. The number of nitrogens with one attached hydrogen (secondary N) is 2. The third kappa shape index (κ3) is 3.00. The number of hydrogen-bond donors (Lipinski definition) is 2. The van der Waals surface area contributed by atoms with Gasteiger partial charge in [0.15, 0.2) is 11.6 Å². The van der Waals surface area contributed by atoms with E-state index in [0.29, 0.717) is 11.7 Å². The summed E-state index contributed by atoms with van der Waals surface area (Å²) in [7, 11) is 3.41. The largest absolute Gasteiger partial charge is 0.494 e. The van der Waals surface area contributed by atoms with Crippen molar-refractivity contribution in [1.82, 2.24) is 10.6 Å². The Kier molecular flexibility index (Phi) is 4.55. The zero-order valence-corrected chi connectivity index (χ0v) is 11.0. The molecule has 0 aromatic heterocycles. The fraction of sp³-hybridized carbons (Fsp3) is 0.571. The van der Waals surface area contributed by atoms with Gasteiger partial charge in [0.2, 0.25) is 0 Å². The lowest BCUT2D eigenvalue weighted by molar-refractivity contribution is 0.383. The smallest absolute Gasteiger partial charge is 0.165 e. The molecule has 1 heterocycles. The van der Waals surface area contributed by atoms with E-state index < -0.39 is 0 Å². The molecule has 18 heavy (non-hydrogen) atoms. The minimum Gasteiger partial charge on any atom is -0.494 e. The van der Waals surface area contributed by atoms with Crippen LogP contribution in [0.4, 0.5) is 4.39 Å². The number of methoxy groups -OCH3 is 1. The lowest BCUT2D eigenvalue weighted by Crippen LogP contribution is -2.21. The van der Waals surface area contributed by atoms with Crippen molar-refractivity contribution < 1.29 is 9.13 Å². The molecule has 2 unspecified atom stereocenters. The quantitative estimate of drug-likeness (QED) is 0.842. The van der Waals surface area contributed by atoms with Gasteiger partial charge < -0.3 is 15.4 Å². The molecule has 0 spiro atoms. The van der Waals surface area contributed by atoms with Crippen molar-refractivity contribution in [3.63, 3.8) is 0 Å². The fourth-order valence-electron chi connectivity index (χ4n) is 2.57. The molecule has 0 radical (unpaired) electrons. The zero-order valence-electron chi connectivity index (χ0n) is 11.0. The molecule has 3 nitrogen and oxygen atoms in total. The summed E-state index contributed by atoms with van der Waals surface area (Å²) in [6.07, 6.45) is 2.24. The van der Waals surface area contributed by atoms with Crippen LogP contribution >= 0.6 is 0 Å². The second-order valence-corrected chi connectivity index (χ2v) is 4.83. The maximum absolute atomic E-state index is 13.7. The summed E-state index contributed by atoms with van der Waals surface area (Å²) in [5.74, 6) is 0.684. The first-order valence-electron chi connectivity index (χ1n) is 6.46. The summed E-state index contributed by atoms with van der Waals surface area (Å²) in [6, 6.07) is 5.41. The van der Waals surface area contributed by atoms with E-state index in [1.54, 1.807) is 12.1 Å². The predicted octanol–water partition coefficient (Wildman–Crippen LogP) is 2.09. The molecule has 0 saturated carbocycles. The van der Waals surface area contributed by atoms with E-state index in [0.717, 1.165) is 25.1 Å². The number of ether oxygens (including phenoxy) is 1. The van der Waals surface area contributed by atoms with Crippen molar-refractivity contribution in [1.29, 1.82) is 0 Å². The highest BCUT2D eigenvalue weighted by atomic mass is 19.1. The maximum Gasteiger partial charge on any atom is 0.165 e. The standard InChI is InChI=1S/C14H21FN2O/c1-16-13(7-10-5-6-17-9-10)11-3-4-14(18-2)12(15)8-11/h3-4,8,10,13,16-17H,5-7,9H2,1-2H3. The molecule has 0 aliphatic carbocycles. The molecule has 1 fully saturated rings. The Balaban J connectivity index is 2.08. The lowest BCUT2D eigenvalue weighted by atomic mass is 9.94. The Hall–Kier alpha value is -1.13. The van der Waals surface area contributed by atoms with Crippen molar-refractivity contribution in [3.05, 3.63) is 29.6 Å². The van der Waals surface area contributed by atoms with Crippen LogP contribution in [0.3, 0.4) is 0 Å². The first kappa shape index (κ1) is 13.3. The first-order chi connectivity index (χ1) is 8.74. The van der Waals surface area contributed by atoms with Gasteiger partial charge >= 0.3 is 0 Å². The number of rotatable bonds is 5. The summed E-state index contributed by atoms with van der Waals surface area (Å²) in [5.41, 5.74) is 0.989. The van der Waals surface area contributed by atoms with E-state index in [1.165, 1.54) is 13.5 Å². The molecule has 1 aromatic carbocycles. The van der Waals surface area contributed by atoms with Crippen LogP contribution in [0.2, 0.25) is 0 Å². The molecule has 2 N–H and O–H groups in total. The van der Waals surface area contributed by atoms with Crippen LogP contribution in [-0.4, -0.2) is 27.2 Å². The Bertz CT molecular complexity index is 391. The lowest BCUT2D eigenvalue weighted by Gasteiger charge is -2.20. The van der Waals surface area contributed by atoms with Crippen LogP contribution in [-0.2, 0) is 0 Å². The first-order valence-corrected chi connectivity index (χ1v) is 6.46. The van der Waals surface area contributed by atoms with Gasteiger partial charge in [0.05, 0.1) is 7.11 Å². The predicted molar refractivity (Wildman–Crippen MR) is 70.3 cm³/mol. The topological polar surface area (TPSA) is 33.3 Å². The third-order valence-corrected chi connectivity index (χ3v) is 3.66. The molecule has 1 saturated heterocycles. The van der Waals surface area contributed by atoms with Crippen molar-refractivity contribution >= 4 is 0 Å². The molecule has 0 amide bonds. The monoisotopic (exact) mass is 252 g/mol. The van der Waals surface area contributed by atoms with E-state index >= 15 is 0 Å².